The van der Waals surface area contributed by atoms with Gasteiger partial charge in [-0.05, 0) is 54.1 Å². The molecule has 0 N–H and O–H groups in total. The van der Waals surface area contributed by atoms with Crippen LogP contribution < -0.4 is 14.9 Å². The topological polar surface area (TPSA) is 48.7 Å². The van der Waals surface area contributed by atoms with Crippen molar-refractivity contribution in [3.05, 3.63) is 92.6 Å². The van der Waals surface area contributed by atoms with Gasteiger partial charge in [0.2, 0.25) is 11.2 Å². The summed E-state index contributed by atoms with van der Waals surface area (Å²) in [5.41, 5.74) is 1.74. The van der Waals surface area contributed by atoms with E-state index in [-0.39, 0.29) is 17.8 Å². The lowest BCUT2D eigenvalue weighted by molar-refractivity contribution is 0.298. The zero-order valence-electron chi connectivity index (χ0n) is 15.4. The molecule has 4 nitrogen and oxygen atoms in total. The van der Waals surface area contributed by atoms with Crippen molar-refractivity contribution in [1.29, 1.82) is 0 Å². The van der Waals surface area contributed by atoms with Crippen LogP contribution in [0.5, 0.6) is 11.5 Å². The Labute approximate surface area is 177 Å². The Bertz CT molecular complexity index is 1230. The van der Waals surface area contributed by atoms with E-state index in [4.69, 9.17) is 37.1 Å². The predicted molar refractivity (Wildman–Crippen MR) is 115 cm³/mol. The fourth-order valence-electron chi connectivity index (χ4n) is 2.97. The summed E-state index contributed by atoms with van der Waals surface area (Å²) in [4.78, 5) is 13.1. The van der Waals surface area contributed by atoms with Crippen LogP contribution in [0.15, 0.2) is 75.9 Å². The smallest absolute Gasteiger partial charge is 0.235 e. The van der Waals surface area contributed by atoms with Gasteiger partial charge in [-0.25, -0.2) is 0 Å². The van der Waals surface area contributed by atoms with E-state index in [0.717, 1.165) is 5.56 Å². The summed E-state index contributed by atoms with van der Waals surface area (Å²) in [6, 6.07) is 19.5. The molecule has 0 aliphatic carbocycles. The van der Waals surface area contributed by atoms with Gasteiger partial charge in [0.15, 0.2) is 5.76 Å². The molecule has 3 aromatic carbocycles. The first-order chi connectivity index (χ1) is 14.1. The van der Waals surface area contributed by atoms with Crippen molar-refractivity contribution >= 4 is 34.2 Å². The summed E-state index contributed by atoms with van der Waals surface area (Å²) >= 11 is 12.1. The number of para-hydroxylation sites is 1. The van der Waals surface area contributed by atoms with Gasteiger partial charge in [0.25, 0.3) is 0 Å². The summed E-state index contributed by atoms with van der Waals surface area (Å²) in [5.74, 6) is 1.20. The number of ether oxygens (including phenoxy) is 2. The normalized spacial score (nSPS) is 10.9. The van der Waals surface area contributed by atoms with Crippen LogP contribution in [0.4, 0.5) is 0 Å². The Morgan fingerprint density at radius 2 is 1.69 bits per heavy atom. The van der Waals surface area contributed by atoms with E-state index in [1.54, 1.807) is 55.6 Å². The molecule has 0 spiro atoms. The monoisotopic (exact) mass is 426 g/mol. The lowest BCUT2D eigenvalue weighted by Gasteiger charge is -2.12. The molecule has 0 aliphatic heterocycles. The number of fused-ring (bicyclic) bond motifs is 1. The second-order valence-corrected chi connectivity index (χ2v) is 7.17. The summed E-state index contributed by atoms with van der Waals surface area (Å²) in [6.45, 7) is 0.142. The molecule has 0 aliphatic rings. The average molecular weight is 427 g/mol. The molecule has 0 radical (unpaired) electrons. The minimum Gasteiger partial charge on any atom is -0.497 e. The summed E-state index contributed by atoms with van der Waals surface area (Å²) in [5, 5.41) is 1.34. The van der Waals surface area contributed by atoms with Crippen LogP contribution >= 0.6 is 23.2 Å². The van der Waals surface area contributed by atoms with E-state index in [1.165, 1.54) is 0 Å². The number of hydrogen-bond donors (Lipinski definition) is 0. The highest BCUT2D eigenvalue weighted by Gasteiger charge is 2.18. The number of methoxy groups -OCH3 is 1. The Kier molecular flexibility index (Phi) is 5.47. The van der Waals surface area contributed by atoms with Crippen molar-refractivity contribution < 1.29 is 13.9 Å². The second kappa shape index (κ2) is 8.19. The van der Waals surface area contributed by atoms with Crippen molar-refractivity contribution in [2.45, 2.75) is 6.61 Å². The molecule has 6 heteroatoms. The largest absolute Gasteiger partial charge is 0.497 e. The molecule has 4 rings (SSSR count). The second-order valence-electron chi connectivity index (χ2n) is 6.35. The highest BCUT2D eigenvalue weighted by Crippen LogP contribution is 2.32. The van der Waals surface area contributed by atoms with E-state index in [9.17, 15) is 4.79 Å². The first kappa shape index (κ1) is 19.4. The van der Waals surface area contributed by atoms with E-state index in [0.29, 0.717) is 38.1 Å². The third-order valence-corrected chi connectivity index (χ3v) is 5.21. The first-order valence-electron chi connectivity index (χ1n) is 8.84. The van der Waals surface area contributed by atoms with Gasteiger partial charge in [0, 0.05) is 5.56 Å². The van der Waals surface area contributed by atoms with Crippen molar-refractivity contribution in [3.63, 3.8) is 0 Å². The highest BCUT2D eigenvalue weighted by molar-refractivity contribution is 6.42. The van der Waals surface area contributed by atoms with Gasteiger partial charge in [-0.3, -0.25) is 4.79 Å². The molecule has 0 saturated heterocycles. The fourth-order valence-corrected chi connectivity index (χ4v) is 3.29. The van der Waals surface area contributed by atoms with Gasteiger partial charge in [0.1, 0.15) is 17.9 Å². The zero-order chi connectivity index (χ0) is 20.4. The number of benzene rings is 3. The number of halogens is 2. The van der Waals surface area contributed by atoms with Crippen LogP contribution in [0.1, 0.15) is 5.56 Å². The van der Waals surface area contributed by atoms with Gasteiger partial charge >= 0.3 is 0 Å². The van der Waals surface area contributed by atoms with Crippen LogP contribution in [0.2, 0.25) is 10.0 Å². The van der Waals surface area contributed by atoms with E-state index in [1.807, 2.05) is 18.2 Å². The number of rotatable bonds is 5. The SMILES string of the molecule is COc1ccc(-c2oc3ccccc3c(=O)c2OCc2ccc(Cl)c(Cl)c2)cc1. The predicted octanol–water partition coefficient (Wildman–Crippen LogP) is 6.35. The summed E-state index contributed by atoms with van der Waals surface area (Å²) < 4.78 is 17.2. The minimum absolute atomic E-state index is 0.139. The van der Waals surface area contributed by atoms with Crippen LogP contribution in [-0.2, 0) is 6.61 Å². The molecule has 0 amide bonds. The zero-order valence-corrected chi connectivity index (χ0v) is 17.0. The Balaban J connectivity index is 1.80. The van der Waals surface area contributed by atoms with E-state index < -0.39 is 0 Å². The highest BCUT2D eigenvalue weighted by atomic mass is 35.5. The minimum atomic E-state index is -0.238. The maximum Gasteiger partial charge on any atom is 0.235 e. The van der Waals surface area contributed by atoms with Crippen LogP contribution in [0.3, 0.4) is 0 Å². The first-order valence-corrected chi connectivity index (χ1v) is 9.59. The third kappa shape index (κ3) is 3.95. The molecule has 0 saturated carbocycles. The standard InChI is InChI=1S/C23H16Cl2O4/c1-27-16-9-7-15(8-10-16)22-23(21(26)17-4-2-3-5-20(17)29-22)28-13-14-6-11-18(24)19(25)12-14/h2-12H,13H2,1H3. The van der Waals surface area contributed by atoms with Crippen molar-refractivity contribution in [1.82, 2.24) is 0 Å². The van der Waals surface area contributed by atoms with Crippen molar-refractivity contribution in [2.75, 3.05) is 7.11 Å². The fraction of sp³-hybridized carbons (Fsp3) is 0.0870. The van der Waals surface area contributed by atoms with E-state index >= 15 is 0 Å². The number of hydrogen-bond acceptors (Lipinski definition) is 4. The van der Waals surface area contributed by atoms with Crippen LogP contribution in [0, 0.1) is 0 Å². The van der Waals surface area contributed by atoms with E-state index in [2.05, 4.69) is 0 Å². The molecule has 146 valence electrons. The molecule has 0 atom stereocenters. The van der Waals surface area contributed by atoms with Gasteiger partial charge in [-0.2, -0.15) is 0 Å². The molecular formula is C23H16Cl2O4. The lowest BCUT2D eigenvalue weighted by atomic mass is 10.1. The molecule has 0 fully saturated rings. The molecule has 1 heterocycles. The maximum atomic E-state index is 13.1. The van der Waals surface area contributed by atoms with Crippen molar-refractivity contribution in [2.24, 2.45) is 0 Å². The van der Waals surface area contributed by atoms with Crippen LogP contribution in [-0.4, -0.2) is 7.11 Å². The summed E-state index contributed by atoms with van der Waals surface area (Å²) in [6.07, 6.45) is 0. The summed E-state index contributed by atoms with van der Waals surface area (Å²) in [7, 11) is 1.59. The average Bonchev–Trinajstić information content (AvgIpc) is 2.75. The van der Waals surface area contributed by atoms with Crippen LogP contribution in [0.25, 0.3) is 22.3 Å². The Morgan fingerprint density at radius 1 is 0.931 bits per heavy atom. The Hall–Kier alpha value is -2.95. The lowest BCUT2D eigenvalue weighted by Crippen LogP contribution is -2.10. The quantitative estimate of drug-likeness (QED) is 0.372. The molecule has 0 unspecified atom stereocenters. The Morgan fingerprint density at radius 3 is 2.41 bits per heavy atom. The maximum absolute atomic E-state index is 13.1. The van der Waals surface area contributed by atoms with Gasteiger partial charge in [0.05, 0.1) is 22.5 Å². The molecule has 0 bridgehead atoms. The molecule has 29 heavy (non-hydrogen) atoms. The van der Waals surface area contributed by atoms with Gasteiger partial charge in [-0.1, -0.05) is 41.4 Å². The molecular weight excluding hydrogens is 411 g/mol. The van der Waals surface area contributed by atoms with Gasteiger partial charge < -0.3 is 13.9 Å². The third-order valence-electron chi connectivity index (χ3n) is 4.48. The molecule has 4 aromatic rings. The van der Waals surface area contributed by atoms with Gasteiger partial charge in [-0.15, -0.1) is 0 Å². The van der Waals surface area contributed by atoms with Crippen molar-refractivity contribution in [3.8, 4) is 22.8 Å². The molecule has 1 aromatic heterocycles.